The first-order chi connectivity index (χ1) is 13.6. The topological polar surface area (TPSA) is 122 Å². The fourth-order valence-electron chi connectivity index (χ4n) is 2.08. The molecule has 2 atom stereocenters. The zero-order chi connectivity index (χ0) is 22.1. The summed E-state index contributed by atoms with van der Waals surface area (Å²) >= 11 is 11.7. The van der Waals surface area contributed by atoms with Crippen molar-refractivity contribution in [1.29, 1.82) is 0 Å². The number of hydrogen-bond donors (Lipinski definition) is 3. The van der Waals surface area contributed by atoms with Crippen molar-refractivity contribution < 1.29 is 24.5 Å². The van der Waals surface area contributed by atoms with Crippen LogP contribution in [0.5, 0.6) is 11.5 Å². The maximum atomic E-state index is 11.6. The first-order valence-electron chi connectivity index (χ1n) is 8.68. The van der Waals surface area contributed by atoms with Crippen LogP contribution < -0.4 is 10.1 Å². The monoisotopic (exact) mass is 443 g/mol. The number of nitrogens with zero attached hydrogens (tertiary/aromatic N) is 2. The summed E-state index contributed by atoms with van der Waals surface area (Å²) in [5.41, 5.74) is 0.654. The van der Waals surface area contributed by atoms with Crippen LogP contribution in [0.1, 0.15) is 49.3 Å². The molecule has 0 saturated heterocycles. The van der Waals surface area contributed by atoms with E-state index in [9.17, 15) is 14.7 Å². The number of carboxylic acid groups (broad SMARTS) is 1. The molecule has 0 radical (unpaired) electrons. The number of aromatic hydroxyl groups is 1. The predicted molar refractivity (Wildman–Crippen MR) is 110 cm³/mol. The van der Waals surface area contributed by atoms with Gasteiger partial charge in [0.15, 0.2) is 17.2 Å². The molecule has 3 N–H and O–H groups in total. The summed E-state index contributed by atoms with van der Waals surface area (Å²) < 4.78 is 4.80. The van der Waals surface area contributed by atoms with Gasteiger partial charge < -0.3 is 20.3 Å². The first kappa shape index (κ1) is 24.5. The molecule has 2 heterocycles. The molecule has 0 aromatic carbocycles. The van der Waals surface area contributed by atoms with Crippen molar-refractivity contribution in [3.8, 4) is 11.5 Å². The number of methoxy groups -OCH3 is 1. The van der Waals surface area contributed by atoms with E-state index in [-0.39, 0.29) is 11.4 Å². The Morgan fingerprint density at radius 1 is 1.28 bits per heavy atom. The third kappa shape index (κ3) is 7.07. The summed E-state index contributed by atoms with van der Waals surface area (Å²) in [5, 5.41) is 21.7. The molecule has 2 aromatic heterocycles. The Hall–Kier alpha value is -2.58. The second kappa shape index (κ2) is 11.4. The van der Waals surface area contributed by atoms with Crippen molar-refractivity contribution in [2.75, 3.05) is 7.11 Å². The average Bonchev–Trinajstić information content (AvgIpc) is 2.67. The zero-order valence-corrected chi connectivity index (χ0v) is 18.0. The van der Waals surface area contributed by atoms with Crippen molar-refractivity contribution >= 4 is 35.1 Å². The van der Waals surface area contributed by atoms with E-state index >= 15 is 0 Å². The molecule has 0 fully saturated rings. The van der Waals surface area contributed by atoms with Gasteiger partial charge in [-0.1, -0.05) is 37.0 Å². The lowest BCUT2D eigenvalue weighted by Crippen LogP contribution is -2.38. The molecule has 2 rings (SSSR count). The normalized spacial score (nSPS) is 12.2. The number of carbonyl (C=O) groups excluding carboxylic acids is 1. The lowest BCUT2D eigenvalue weighted by atomic mass is 10.0. The third-order valence-corrected chi connectivity index (χ3v) is 4.47. The van der Waals surface area contributed by atoms with Crippen molar-refractivity contribution in [2.24, 2.45) is 0 Å². The van der Waals surface area contributed by atoms with Crippen LogP contribution in [0.3, 0.4) is 0 Å². The molecule has 0 saturated carbocycles. The van der Waals surface area contributed by atoms with Gasteiger partial charge in [-0.15, -0.1) is 0 Å². The smallest absolute Gasteiger partial charge is 0.325 e. The number of aliphatic carboxylic acids is 1. The van der Waals surface area contributed by atoms with Crippen molar-refractivity contribution in [3.05, 3.63) is 46.0 Å². The van der Waals surface area contributed by atoms with Gasteiger partial charge in [0.25, 0.3) is 5.91 Å². The number of aromatic nitrogens is 2. The van der Waals surface area contributed by atoms with Crippen molar-refractivity contribution in [1.82, 2.24) is 15.3 Å². The standard InChI is InChI=1S/C10H12N2O5.C9H11Cl2N/c1-5(10(15)16)12-9(14)7-8(13)6(17-2)3-4-11-7;1-3-6(2)9-8(11)4-7(10)5-12-9/h3-5,13H,1-2H3,(H,12,14)(H,15,16);4-6H,3H2,1-2H3. The van der Waals surface area contributed by atoms with Gasteiger partial charge in [-0.2, -0.15) is 0 Å². The van der Waals surface area contributed by atoms with Crippen LogP contribution in [0.4, 0.5) is 0 Å². The summed E-state index contributed by atoms with van der Waals surface area (Å²) in [6, 6.07) is 2.04. The summed E-state index contributed by atoms with van der Waals surface area (Å²) in [4.78, 5) is 30.0. The molecule has 158 valence electrons. The number of hydrogen-bond acceptors (Lipinski definition) is 6. The zero-order valence-electron chi connectivity index (χ0n) is 16.4. The van der Waals surface area contributed by atoms with Crippen LogP contribution in [0.25, 0.3) is 0 Å². The minimum atomic E-state index is -1.18. The Labute approximate surface area is 178 Å². The second-order valence-electron chi connectivity index (χ2n) is 6.07. The molecule has 2 aromatic rings. The van der Waals surface area contributed by atoms with Crippen LogP contribution in [0.15, 0.2) is 24.5 Å². The van der Waals surface area contributed by atoms with Gasteiger partial charge in [0.05, 0.1) is 22.8 Å². The van der Waals surface area contributed by atoms with E-state index in [1.807, 2.05) is 0 Å². The second-order valence-corrected chi connectivity index (χ2v) is 6.92. The molecule has 0 aliphatic rings. The molecule has 8 nitrogen and oxygen atoms in total. The highest BCUT2D eigenvalue weighted by Gasteiger charge is 2.20. The Morgan fingerprint density at radius 3 is 2.45 bits per heavy atom. The van der Waals surface area contributed by atoms with Crippen LogP contribution >= 0.6 is 23.2 Å². The summed E-state index contributed by atoms with van der Waals surface area (Å²) in [5.74, 6) is -1.90. The Kier molecular flexibility index (Phi) is 9.64. The number of amides is 1. The van der Waals surface area contributed by atoms with Gasteiger partial charge in [-0.25, -0.2) is 4.98 Å². The number of carbonyl (C=O) groups is 2. The molecular weight excluding hydrogens is 421 g/mol. The number of rotatable bonds is 6. The number of ether oxygens (including phenoxy) is 1. The van der Waals surface area contributed by atoms with E-state index in [0.29, 0.717) is 16.0 Å². The van der Waals surface area contributed by atoms with Gasteiger partial charge in [0, 0.05) is 18.5 Å². The minimum Gasteiger partial charge on any atom is -0.503 e. The van der Waals surface area contributed by atoms with Gasteiger partial charge in [0.2, 0.25) is 0 Å². The quantitative estimate of drug-likeness (QED) is 0.618. The van der Waals surface area contributed by atoms with E-state index in [2.05, 4.69) is 29.1 Å². The summed E-state index contributed by atoms with van der Waals surface area (Å²) in [6.07, 6.45) is 3.95. The predicted octanol–water partition coefficient (Wildman–Crippen LogP) is 3.90. The maximum Gasteiger partial charge on any atom is 0.325 e. The third-order valence-electron chi connectivity index (χ3n) is 3.96. The molecular formula is C19H23Cl2N3O5. The van der Waals surface area contributed by atoms with Crippen LogP contribution in [0, 0.1) is 0 Å². The summed E-state index contributed by atoms with van der Waals surface area (Å²) in [6.45, 7) is 5.51. The Morgan fingerprint density at radius 2 is 1.93 bits per heavy atom. The molecule has 1 amide bonds. The fraction of sp³-hybridized carbons (Fsp3) is 0.368. The van der Waals surface area contributed by atoms with Gasteiger partial charge in [-0.3, -0.25) is 14.6 Å². The number of pyridine rings is 2. The number of nitrogens with one attached hydrogen (secondary N) is 1. The van der Waals surface area contributed by atoms with Crippen LogP contribution in [-0.2, 0) is 4.79 Å². The number of carboxylic acids is 1. The van der Waals surface area contributed by atoms with Gasteiger partial charge in [0.1, 0.15) is 6.04 Å². The van der Waals surface area contributed by atoms with Gasteiger partial charge >= 0.3 is 5.97 Å². The van der Waals surface area contributed by atoms with E-state index in [1.165, 1.54) is 26.3 Å². The molecule has 10 heteroatoms. The highest BCUT2D eigenvalue weighted by molar-refractivity contribution is 6.34. The molecule has 0 aliphatic heterocycles. The highest BCUT2D eigenvalue weighted by atomic mass is 35.5. The van der Waals surface area contributed by atoms with E-state index < -0.39 is 23.7 Å². The molecule has 0 aliphatic carbocycles. The van der Waals surface area contributed by atoms with E-state index in [0.717, 1.165) is 12.1 Å². The minimum absolute atomic E-state index is 0.0909. The molecule has 0 bridgehead atoms. The maximum absolute atomic E-state index is 11.6. The SMILES string of the molecule is CCC(C)c1ncc(Cl)cc1Cl.COc1ccnc(C(=O)NC(C)C(=O)O)c1O. The summed E-state index contributed by atoms with van der Waals surface area (Å²) in [7, 11) is 1.33. The van der Waals surface area contributed by atoms with Gasteiger partial charge in [-0.05, 0) is 25.3 Å². The van der Waals surface area contributed by atoms with E-state index in [4.69, 9.17) is 33.0 Å². The molecule has 0 spiro atoms. The molecule has 29 heavy (non-hydrogen) atoms. The molecule has 2 unspecified atom stereocenters. The first-order valence-corrected chi connectivity index (χ1v) is 9.44. The lowest BCUT2D eigenvalue weighted by molar-refractivity contribution is -0.138. The highest BCUT2D eigenvalue weighted by Crippen LogP contribution is 2.27. The average molecular weight is 444 g/mol. The van der Waals surface area contributed by atoms with E-state index in [1.54, 1.807) is 12.3 Å². The lowest BCUT2D eigenvalue weighted by Gasteiger charge is -2.10. The Bertz CT molecular complexity index is 864. The van der Waals surface area contributed by atoms with Crippen molar-refractivity contribution in [2.45, 2.75) is 39.2 Å². The van der Waals surface area contributed by atoms with Crippen molar-refractivity contribution in [3.63, 3.8) is 0 Å². The van der Waals surface area contributed by atoms with Crippen LogP contribution in [0.2, 0.25) is 10.0 Å². The largest absolute Gasteiger partial charge is 0.503 e. The van der Waals surface area contributed by atoms with Crippen LogP contribution in [-0.4, -0.2) is 45.2 Å². The fourth-order valence-corrected chi connectivity index (χ4v) is 2.64. The Balaban J connectivity index is 0.000000308. The number of halogens is 2.